The van der Waals surface area contributed by atoms with Gasteiger partial charge in [-0.1, -0.05) is 54.6 Å². The molecule has 2 aliphatic rings. The van der Waals surface area contributed by atoms with Crippen molar-refractivity contribution in [3.63, 3.8) is 0 Å². The van der Waals surface area contributed by atoms with Gasteiger partial charge in [-0.3, -0.25) is 14.3 Å². The smallest absolute Gasteiger partial charge is 0.387 e. The number of aromatic nitrogens is 2. The zero-order valence-corrected chi connectivity index (χ0v) is 21.8. The lowest BCUT2D eigenvalue weighted by molar-refractivity contribution is -0.136. The number of halogens is 2. The predicted molar refractivity (Wildman–Crippen MR) is 145 cm³/mol. The maximum Gasteiger partial charge on any atom is 0.387 e. The van der Waals surface area contributed by atoms with Gasteiger partial charge in [-0.05, 0) is 72.8 Å². The average molecular weight is 529 g/mol. The summed E-state index contributed by atoms with van der Waals surface area (Å²) in [6.45, 7) is -0.896. The molecule has 0 N–H and O–H groups in total. The Labute approximate surface area is 225 Å². The molecule has 4 aromatic rings. The number of hydrogen-bond acceptors (Lipinski definition) is 4. The number of Topliss-reactive ketones (excluding diaryl/α,β-unsaturated/α-hetero) is 2. The van der Waals surface area contributed by atoms with Gasteiger partial charge in [0, 0.05) is 23.3 Å². The van der Waals surface area contributed by atoms with Crippen molar-refractivity contribution in [1.82, 2.24) is 9.78 Å². The van der Waals surface area contributed by atoms with Gasteiger partial charge in [0.2, 0.25) is 0 Å². The highest BCUT2D eigenvalue weighted by Crippen LogP contribution is 2.62. The molecular weight excluding hydrogens is 498 g/mol. The molecule has 2 saturated carbocycles. The highest BCUT2D eigenvalue weighted by Gasteiger charge is 2.53. The number of fused-ring (bicyclic) bond motifs is 1. The molecule has 7 heteroatoms. The molecule has 0 radical (unpaired) electrons. The minimum Gasteiger partial charge on any atom is -0.435 e. The second-order valence-electron chi connectivity index (χ2n) is 11.3. The van der Waals surface area contributed by atoms with Gasteiger partial charge >= 0.3 is 6.61 Å². The van der Waals surface area contributed by atoms with Gasteiger partial charge in [-0.2, -0.15) is 13.9 Å². The van der Waals surface area contributed by atoms with E-state index >= 15 is 0 Å². The number of carbonyl (C=O) groups is 2. The molecular formula is C32H30F2N2O3. The fourth-order valence-corrected chi connectivity index (χ4v) is 6.60. The van der Waals surface area contributed by atoms with Crippen molar-refractivity contribution in [1.29, 1.82) is 0 Å². The Morgan fingerprint density at radius 3 is 2.36 bits per heavy atom. The van der Waals surface area contributed by atoms with Crippen LogP contribution in [0.5, 0.6) is 5.75 Å². The Morgan fingerprint density at radius 2 is 1.69 bits per heavy atom. The number of nitrogens with zero attached hydrogens (tertiary/aromatic N) is 2. The summed E-state index contributed by atoms with van der Waals surface area (Å²) in [4.78, 5) is 25.2. The van der Waals surface area contributed by atoms with Crippen molar-refractivity contribution in [3.05, 3.63) is 84.1 Å². The molecule has 2 aliphatic carbocycles. The molecule has 6 rings (SSSR count). The van der Waals surface area contributed by atoms with Crippen LogP contribution in [-0.4, -0.2) is 28.0 Å². The third kappa shape index (κ3) is 5.10. The summed E-state index contributed by atoms with van der Waals surface area (Å²) in [6, 6.07) is 21.2. The molecule has 2 fully saturated rings. The van der Waals surface area contributed by atoms with Crippen LogP contribution in [0.1, 0.15) is 54.9 Å². The van der Waals surface area contributed by atoms with Crippen LogP contribution in [0.15, 0.2) is 72.9 Å². The van der Waals surface area contributed by atoms with Crippen molar-refractivity contribution < 1.29 is 23.1 Å². The van der Waals surface area contributed by atoms with Crippen molar-refractivity contribution in [3.8, 4) is 16.9 Å². The zero-order chi connectivity index (χ0) is 27.1. The van der Waals surface area contributed by atoms with Crippen LogP contribution < -0.4 is 4.74 Å². The standard InChI is InChI=1S/C32H30F2N2O3/c1-20(37)26-16-32(17-26)14-22(15-32)11-29(38)28-13-27(39-31(33)34)12-25-18-35-36(30(25)28)19-21-7-9-24(10-8-21)23-5-3-2-4-6-23/h2-10,12-13,18,22,26,31H,11,14-17,19H2,1H3. The summed E-state index contributed by atoms with van der Waals surface area (Å²) >= 11 is 0. The number of ketones is 2. The van der Waals surface area contributed by atoms with E-state index in [1.165, 1.54) is 12.1 Å². The zero-order valence-electron chi connectivity index (χ0n) is 21.8. The molecule has 1 spiro atoms. The third-order valence-electron chi connectivity index (χ3n) is 8.48. The van der Waals surface area contributed by atoms with Crippen molar-refractivity contribution in [2.45, 2.75) is 52.2 Å². The number of ether oxygens (including phenoxy) is 1. The Hall–Kier alpha value is -3.87. The summed E-state index contributed by atoms with van der Waals surface area (Å²) in [5.41, 5.74) is 4.45. The number of alkyl halides is 2. The number of carbonyl (C=O) groups excluding carboxylic acids is 2. The third-order valence-corrected chi connectivity index (χ3v) is 8.48. The molecule has 0 aliphatic heterocycles. The van der Waals surface area contributed by atoms with Crippen LogP contribution in [0.4, 0.5) is 8.78 Å². The molecule has 1 heterocycles. The topological polar surface area (TPSA) is 61.2 Å². The molecule has 0 unspecified atom stereocenters. The van der Waals surface area contributed by atoms with E-state index in [1.807, 2.05) is 30.3 Å². The molecule has 0 bridgehead atoms. The molecule has 0 amide bonds. The van der Waals surface area contributed by atoms with Gasteiger partial charge < -0.3 is 4.74 Å². The van der Waals surface area contributed by atoms with Gasteiger partial charge in [0.1, 0.15) is 11.5 Å². The first kappa shape index (κ1) is 25.4. The van der Waals surface area contributed by atoms with Crippen LogP contribution in [0, 0.1) is 17.3 Å². The summed E-state index contributed by atoms with van der Waals surface area (Å²) in [6.07, 6.45) is 5.65. The molecule has 3 aromatic carbocycles. The van der Waals surface area contributed by atoms with Crippen LogP contribution in [0.25, 0.3) is 22.0 Å². The second-order valence-corrected chi connectivity index (χ2v) is 11.3. The Morgan fingerprint density at radius 1 is 1.00 bits per heavy atom. The Balaban J connectivity index is 1.23. The lowest BCUT2D eigenvalue weighted by Crippen LogP contribution is -2.49. The lowest BCUT2D eigenvalue weighted by atomic mass is 9.47. The van der Waals surface area contributed by atoms with E-state index in [1.54, 1.807) is 17.8 Å². The van der Waals surface area contributed by atoms with Crippen molar-refractivity contribution in [2.24, 2.45) is 17.3 Å². The lowest BCUT2D eigenvalue weighted by Gasteiger charge is -2.57. The monoisotopic (exact) mass is 528 g/mol. The first-order chi connectivity index (χ1) is 18.8. The second kappa shape index (κ2) is 10.0. The Bertz CT molecular complexity index is 1510. The summed E-state index contributed by atoms with van der Waals surface area (Å²) in [5, 5.41) is 5.10. The molecule has 39 heavy (non-hydrogen) atoms. The quantitative estimate of drug-likeness (QED) is 0.214. The van der Waals surface area contributed by atoms with Crippen molar-refractivity contribution in [2.75, 3.05) is 0 Å². The number of benzene rings is 3. The highest BCUT2D eigenvalue weighted by molar-refractivity contribution is 6.07. The summed E-state index contributed by atoms with van der Waals surface area (Å²) < 4.78 is 32.5. The number of hydrogen-bond donors (Lipinski definition) is 0. The van der Waals surface area contributed by atoms with Crippen LogP contribution >= 0.6 is 0 Å². The number of rotatable bonds is 9. The first-order valence-corrected chi connectivity index (χ1v) is 13.4. The largest absolute Gasteiger partial charge is 0.435 e. The SMILES string of the molecule is CC(=O)C1CC2(CC(CC(=O)c3cc(OC(F)F)cc4cnn(Cc5ccc(-c6ccccc6)cc5)c34)C2)C1. The minimum absolute atomic E-state index is 0.0408. The maximum atomic E-state index is 13.6. The molecule has 200 valence electrons. The van der Waals surface area contributed by atoms with E-state index in [-0.39, 0.29) is 34.6 Å². The van der Waals surface area contributed by atoms with Crippen LogP contribution in [0.3, 0.4) is 0 Å². The van der Waals surface area contributed by atoms with E-state index in [0.29, 0.717) is 29.4 Å². The van der Waals surface area contributed by atoms with Crippen LogP contribution in [-0.2, 0) is 11.3 Å². The van der Waals surface area contributed by atoms with E-state index in [9.17, 15) is 18.4 Å². The molecule has 5 nitrogen and oxygen atoms in total. The van der Waals surface area contributed by atoms with Gasteiger partial charge in [0.15, 0.2) is 5.78 Å². The van der Waals surface area contributed by atoms with E-state index < -0.39 is 6.61 Å². The Kier molecular flexibility index (Phi) is 6.53. The predicted octanol–water partition coefficient (Wildman–Crippen LogP) is 7.32. The highest BCUT2D eigenvalue weighted by atomic mass is 19.3. The van der Waals surface area contributed by atoms with Gasteiger partial charge in [-0.15, -0.1) is 0 Å². The molecule has 0 saturated heterocycles. The maximum absolute atomic E-state index is 13.6. The van der Waals surface area contributed by atoms with E-state index in [4.69, 9.17) is 0 Å². The minimum atomic E-state index is -2.98. The van der Waals surface area contributed by atoms with Gasteiger partial charge in [-0.25, -0.2) is 0 Å². The first-order valence-electron chi connectivity index (χ1n) is 13.4. The fraction of sp³-hybridized carbons (Fsp3) is 0.344. The fourth-order valence-electron chi connectivity index (χ4n) is 6.60. The average Bonchev–Trinajstić information content (AvgIpc) is 3.26. The van der Waals surface area contributed by atoms with Gasteiger partial charge in [0.05, 0.1) is 18.3 Å². The summed E-state index contributed by atoms with van der Waals surface area (Å²) in [7, 11) is 0. The van der Waals surface area contributed by atoms with Crippen molar-refractivity contribution >= 4 is 22.5 Å². The molecule has 0 atom stereocenters. The van der Waals surface area contributed by atoms with E-state index in [0.717, 1.165) is 42.4 Å². The van der Waals surface area contributed by atoms with E-state index in [2.05, 4.69) is 34.1 Å². The van der Waals surface area contributed by atoms with Crippen LogP contribution in [0.2, 0.25) is 0 Å². The van der Waals surface area contributed by atoms with Gasteiger partial charge in [0.25, 0.3) is 0 Å². The normalized spacial score (nSPS) is 22.1. The summed E-state index contributed by atoms with van der Waals surface area (Å²) in [5.74, 6) is 0.521. The molecule has 1 aromatic heterocycles.